The van der Waals surface area contributed by atoms with Crippen molar-refractivity contribution in [2.75, 3.05) is 6.54 Å². The zero-order valence-electron chi connectivity index (χ0n) is 15.9. The van der Waals surface area contributed by atoms with Crippen LogP contribution in [0.2, 0.25) is 0 Å². The molecule has 1 fully saturated rings. The number of carbonyl (C=O) groups excluding carboxylic acids is 1. The van der Waals surface area contributed by atoms with Gasteiger partial charge in [0, 0.05) is 34.8 Å². The van der Waals surface area contributed by atoms with E-state index in [0.29, 0.717) is 5.56 Å². The summed E-state index contributed by atoms with van der Waals surface area (Å²) in [6, 6.07) is 11.2. The summed E-state index contributed by atoms with van der Waals surface area (Å²) in [6.07, 6.45) is 4.16. The molecule has 2 heterocycles. The normalized spacial score (nSPS) is 19.6. The fourth-order valence-corrected chi connectivity index (χ4v) is 3.87. The highest BCUT2D eigenvalue weighted by Crippen LogP contribution is 2.27. The van der Waals surface area contributed by atoms with Crippen LogP contribution in [0.5, 0.6) is 0 Å². The van der Waals surface area contributed by atoms with Crippen LogP contribution in [0, 0.1) is 0 Å². The zero-order valence-corrected chi connectivity index (χ0v) is 15.9. The molecular formula is C22H23F2N3O2. The molecule has 0 atom stereocenters. The monoisotopic (exact) mass is 399 g/mol. The molecular weight excluding hydrogens is 376 g/mol. The molecule has 1 aliphatic rings. The van der Waals surface area contributed by atoms with Crippen molar-refractivity contribution < 1.29 is 18.0 Å². The lowest BCUT2D eigenvalue weighted by molar-refractivity contribution is 0.0922. The summed E-state index contributed by atoms with van der Waals surface area (Å²) in [5, 5.41) is 6.88. The van der Waals surface area contributed by atoms with Crippen LogP contribution in [0.25, 0.3) is 22.2 Å². The topological polar surface area (TPSA) is 67.2 Å². The van der Waals surface area contributed by atoms with Crippen LogP contribution in [0.1, 0.15) is 36.0 Å². The van der Waals surface area contributed by atoms with Crippen molar-refractivity contribution in [2.45, 2.75) is 44.2 Å². The van der Waals surface area contributed by atoms with Crippen molar-refractivity contribution in [1.82, 2.24) is 15.6 Å². The molecule has 1 amide bonds. The van der Waals surface area contributed by atoms with Gasteiger partial charge in [0.25, 0.3) is 12.3 Å². The van der Waals surface area contributed by atoms with E-state index in [-0.39, 0.29) is 24.5 Å². The van der Waals surface area contributed by atoms with Crippen molar-refractivity contribution in [2.24, 2.45) is 0 Å². The van der Waals surface area contributed by atoms with E-state index < -0.39 is 6.43 Å². The summed E-state index contributed by atoms with van der Waals surface area (Å²) in [7, 11) is 0. The third-order valence-corrected chi connectivity index (χ3v) is 5.42. The highest BCUT2D eigenvalue weighted by atomic mass is 19.3. The second-order valence-corrected chi connectivity index (χ2v) is 7.39. The largest absolute Gasteiger partial charge is 0.464 e. The molecule has 1 aliphatic carbocycles. The third kappa shape index (κ3) is 4.62. The van der Waals surface area contributed by atoms with Crippen LogP contribution < -0.4 is 10.6 Å². The maximum atomic E-state index is 12.6. The number of hydrogen-bond acceptors (Lipinski definition) is 4. The van der Waals surface area contributed by atoms with Gasteiger partial charge in [-0.1, -0.05) is 12.1 Å². The number of nitrogens with one attached hydrogen (secondary N) is 2. The fourth-order valence-electron chi connectivity index (χ4n) is 3.87. The summed E-state index contributed by atoms with van der Waals surface area (Å²) < 4.78 is 30.0. The molecule has 0 spiro atoms. The number of benzene rings is 1. The highest BCUT2D eigenvalue weighted by molar-refractivity contribution is 5.96. The number of hydrogen-bond donors (Lipinski definition) is 2. The third-order valence-electron chi connectivity index (χ3n) is 5.42. The molecule has 0 bridgehead atoms. The zero-order chi connectivity index (χ0) is 20.2. The van der Waals surface area contributed by atoms with E-state index in [1.54, 1.807) is 24.6 Å². The van der Waals surface area contributed by atoms with Crippen LogP contribution in [-0.2, 0) is 0 Å². The van der Waals surface area contributed by atoms with E-state index in [2.05, 4.69) is 15.6 Å². The predicted molar refractivity (Wildman–Crippen MR) is 107 cm³/mol. The number of aromatic nitrogens is 1. The SMILES string of the molecule is O=C(NC1CCC(NCC(F)F)CC1)c1ccc(-c2nccc3occc23)cc1. The minimum absolute atomic E-state index is 0.0770. The molecule has 7 heteroatoms. The summed E-state index contributed by atoms with van der Waals surface area (Å²) >= 11 is 0. The van der Waals surface area contributed by atoms with Gasteiger partial charge in [-0.25, -0.2) is 8.78 Å². The fraction of sp³-hybridized carbons (Fsp3) is 0.364. The Balaban J connectivity index is 1.35. The van der Waals surface area contributed by atoms with E-state index in [1.807, 2.05) is 24.3 Å². The standard InChI is InChI=1S/C22H23F2N3O2/c23-20(24)13-26-16-5-7-17(8-6-16)27-22(28)15-3-1-14(2-4-15)21-18-10-12-29-19(18)9-11-25-21/h1-4,9-12,16-17,20,26H,5-8,13H2,(H,27,28). The van der Waals surface area contributed by atoms with Gasteiger partial charge < -0.3 is 15.1 Å². The van der Waals surface area contributed by atoms with Crippen LogP contribution in [0.4, 0.5) is 8.78 Å². The van der Waals surface area contributed by atoms with E-state index in [0.717, 1.165) is 47.9 Å². The number of pyridine rings is 1. The number of furan rings is 1. The summed E-state index contributed by atoms with van der Waals surface area (Å²) in [4.78, 5) is 17.0. The van der Waals surface area contributed by atoms with Crippen molar-refractivity contribution in [3.05, 3.63) is 54.4 Å². The van der Waals surface area contributed by atoms with Gasteiger partial charge in [-0.05, 0) is 49.9 Å². The van der Waals surface area contributed by atoms with Crippen molar-refractivity contribution in [1.29, 1.82) is 0 Å². The van der Waals surface area contributed by atoms with Gasteiger partial charge >= 0.3 is 0 Å². The van der Waals surface area contributed by atoms with Crippen LogP contribution in [0.3, 0.4) is 0 Å². The Morgan fingerprint density at radius 2 is 1.79 bits per heavy atom. The average molecular weight is 399 g/mol. The quantitative estimate of drug-likeness (QED) is 0.645. The molecule has 2 N–H and O–H groups in total. The smallest absolute Gasteiger partial charge is 0.251 e. The van der Waals surface area contributed by atoms with Crippen molar-refractivity contribution in [3.8, 4) is 11.3 Å². The van der Waals surface area contributed by atoms with Crippen LogP contribution in [-0.4, -0.2) is 35.9 Å². The van der Waals surface area contributed by atoms with Gasteiger partial charge in [-0.15, -0.1) is 0 Å². The number of nitrogens with zero attached hydrogens (tertiary/aromatic N) is 1. The van der Waals surface area contributed by atoms with Gasteiger partial charge in [-0.2, -0.15) is 0 Å². The first-order valence-electron chi connectivity index (χ1n) is 9.85. The number of rotatable bonds is 6. The number of fused-ring (bicyclic) bond motifs is 1. The van der Waals surface area contributed by atoms with Gasteiger partial charge in [0.1, 0.15) is 5.58 Å². The molecule has 2 aromatic heterocycles. The molecule has 0 aliphatic heterocycles. The van der Waals surface area contributed by atoms with E-state index in [4.69, 9.17) is 4.42 Å². The molecule has 29 heavy (non-hydrogen) atoms. The Morgan fingerprint density at radius 1 is 1.07 bits per heavy atom. The summed E-state index contributed by atoms with van der Waals surface area (Å²) in [5.74, 6) is -0.116. The number of amides is 1. The van der Waals surface area contributed by atoms with Gasteiger partial charge in [0.05, 0.1) is 18.5 Å². The Bertz CT molecular complexity index is 964. The molecule has 1 saturated carbocycles. The molecule has 152 valence electrons. The maximum absolute atomic E-state index is 12.6. The molecule has 1 aromatic carbocycles. The van der Waals surface area contributed by atoms with Crippen molar-refractivity contribution in [3.63, 3.8) is 0 Å². The molecule has 0 radical (unpaired) electrons. The van der Waals surface area contributed by atoms with Gasteiger partial charge in [0.15, 0.2) is 0 Å². The Morgan fingerprint density at radius 3 is 2.52 bits per heavy atom. The Hall–Kier alpha value is -2.80. The second kappa shape index (κ2) is 8.69. The first-order chi connectivity index (χ1) is 14.1. The molecule has 5 nitrogen and oxygen atoms in total. The van der Waals surface area contributed by atoms with Gasteiger partial charge in [0.2, 0.25) is 0 Å². The lowest BCUT2D eigenvalue weighted by atomic mass is 9.91. The first kappa shape index (κ1) is 19.5. The lowest BCUT2D eigenvalue weighted by Gasteiger charge is -2.29. The Kier molecular flexibility index (Phi) is 5.85. The molecule has 4 rings (SSSR count). The van der Waals surface area contributed by atoms with Gasteiger partial charge in [-0.3, -0.25) is 9.78 Å². The second-order valence-electron chi connectivity index (χ2n) is 7.39. The minimum Gasteiger partial charge on any atom is -0.464 e. The lowest BCUT2D eigenvalue weighted by Crippen LogP contribution is -2.43. The Labute approximate surface area is 167 Å². The average Bonchev–Trinajstić information content (AvgIpc) is 3.22. The number of alkyl halides is 2. The molecule has 3 aromatic rings. The van der Waals surface area contributed by atoms with Crippen LogP contribution >= 0.6 is 0 Å². The van der Waals surface area contributed by atoms with Crippen LogP contribution in [0.15, 0.2) is 53.3 Å². The molecule has 0 unspecified atom stereocenters. The predicted octanol–water partition coefficient (Wildman–Crippen LogP) is 4.39. The van der Waals surface area contributed by atoms with E-state index >= 15 is 0 Å². The van der Waals surface area contributed by atoms with Crippen molar-refractivity contribution >= 4 is 16.9 Å². The minimum atomic E-state index is -2.33. The number of halogens is 2. The van der Waals surface area contributed by atoms with E-state index in [1.165, 1.54) is 0 Å². The summed E-state index contributed by atoms with van der Waals surface area (Å²) in [6.45, 7) is -0.268. The maximum Gasteiger partial charge on any atom is 0.251 e. The highest BCUT2D eigenvalue weighted by Gasteiger charge is 2.23. The van der Waals surface area contributed by atoms with E-state index in [9.17, 15) is 13.6 Å². The first-order valence-corrected chi connectivity index (χ1v) is 9.85. The molecule has 0 saturated heterocycles. The summed E-state index contributed by atoms with van der Waals surface area (Å²) in [5.41, 5.74) is 3.10. The number of carbonyl (C=O) groups is 1.